The molecule has 0 amide bonds. The first-order valence-electron chi connectivity index (χ1n) is 6.05. The number of hydrogen-bond acceptors (Lipinski definition) is 2. The molecule has 2 aliphatic rings. The van der Waals surface area contributed by atoms with Gasteiger partial charge in [-0.15, -0.1) is 0 Å². The Morgan fingerprint density at radius 3 is 2.61 bits per heavy atom. The second kappa shape index (κ2) is 3.88. The average molecular weight is 257 g/mol. The first-order chi connectivity index (χ1) is 8.51. The van der Waals surface area contributed by atoms with Gasteiger partial charge in [-0.25, -0.2) is 0 Å². The molecule has 5 heteroatoms. The summed E-state index contributed by atoms with van der Waals surface area (Å²) >= 11 is 0. The van der Waals surface area contributed by atoms with Crippen molar-refractivity contribution in [1.29, 1.82) is 0 Å². The van der Waals surface area contributed by atoms with E-state index in [1.165, 1.54) is 12.1 Å². The van der Waals surface area contributed by atoms with Crippen molar-refractivity contribution in [3.05, 3.63) is 29.8 Å². The minimum Gasteiger partial charge on any atom is -0.488 e. The smallest absolute Gasteiger partial charge is 0.419 e. The molecule has 0 radical (unpaired) electrons. The summed E-state index contributed by atoms with van der Waals surface area (Å²) < 4.78 is 44.1. The molecule has 3 rings (SSSR count). The highest BCUT2D eigenvalue weighted by molar-refractivity contribution is 5.36. The lowest BCUT2D eigenvalue weighted by molar-refractivity contribution is -0.139. The largest absolute Gasteiger partial charge is 0.488 e. The molecule has 1 saturated carbocycles. The van der Waals surface area contributed by atoms with Crippen LogP contribution in [-0.4, -0.2) is 19.2 Å². The van der Waals surface area contributed by atoms with Gasteiger partial charge in [-0.3, -0.25) is 0 Å². The molecule has 1 N–H and O–H groups in total. The van der Waals surface area contributed by atoms with E-state index in [2.05, 4.69) is 5.32 Å². The average Bonchev–Trinajstić information content (AvgIpc) is 2.97. The normalized spacial score (nSPS) is 25.4. The number of benzene rings is 1. The van der Waals surface area contributed by atoms with Crippen molar-refractivity contribution >= 4 is 0 Å². The topological polar surface area (TPSA) is 21.3 Å². The molecule has 0 unspecified atom stereocenters. The fourth-order valence-corrected chi connectivity index (χ4v) is 2.57. The second-order valence-corrected chi connectivity index (χ2v) is 5.09. The monoisotopic (exact) mass is 257 g/mol. The summed E-state index contributed by atoms with van der Waals surface area (Å²) in [6, 6.07) is 5.43. The lowest BCUT2D eigenvalue weighted by Gasteiger charge is -2.22. The maximum absolute atomic E-state index is 12.8. The van der Waals surface area contributed by atoms with Gasteiger partial charge in [0.15, 0.2) is 0 Å². The molecule has 1 aromatic rings. The number of halogens is 3. The summed E-state index contributed by atoms with van der Waals surface area (Å²) in [5.74, 6) is -0.0509. The molecule has 1 aliphatic carbocycles. The standard InChI is InChI=1S/C13H14F3NO/c14-13(15,16)9-3-1-2-4-10(9)18-11-7-17-8-12(11)5-6-12/h1-4,11,17H,5-8H2/t11-/m1/s1. The number of hydrogen-bond donors (Lipinski definition) is 1. The molecular weight excluding hydrogens is 243 g/mol. The van der Waals surface area contributed by atoms with Gasteiger partial charge in [0.05, 0.1) is 5.56 Å². The van der Waals surface area contributed by atoms with Crippen LogP contribution in [0.1, 0.15) is 18.4 Å². The van der Waals surface area contributed by atoms with Crippen LogP contribution in [0.4, 0.5) is 13.2 Å². The third-order valence-corrected chi connectivity index (χ3v) is 3.84. The Morgan fingerprint density at radius 1 is 1.22 bits per heavy atom. The molecule has 1 aliphatic heterocycles. The van der Waals surface area contributed by atoms with E-state index in [0.29, 0.717) is 6.54 Å². The molecule has 2 fully saturated rings. The predicted octanol–water partition coefficient (Wildman–Crippen LogP) is 2.84. The predicted molar refractivity (Wildman–Crippen MR) is 60.4 cm³/mol. The highest BCUT2D eigenvalue weighted by Gasteiger charge is 2.54. The maximum atomic E-state index is 12.8. The zero-order valence-electron chi connectivity index (χ0n) is 9.76. The van der Waals surface area contributed by atoms with Gasteiger partial charge in [0.25, 0.3) is 0 Å². The van der Waals surface area contributed by atoms with Crippen LogP contribution < -0.4 is 10.1 Å². The highest BCUT2D eigenvalue weighted by atomic mass is 19.4. The van der Waals surface area contributed by atoms with Crippen molar-refractivity contribution in [3.63, 3.8) is 0 Å². The van der Waals surface area contributed by atoms with E-state index in [9.17, 15) is 13.2 Å². The lowest BCUT2D eigenvalue weighted by Crippen LogP contribution is -2.28. The number of alkyl halides is 3. The quantitative estimate of drug-likeness (QED) is 0.879. The van der Waals surface area contributed by atoms with Crippen LogP contribution in [0.25, 0.3) is 0 Å². The van der Waals surface area contributed by atoms with Crippen LogP contribution in [0.15, 0.2) is 24.3 Å². The molecule has 1 heterocycles. The van der Waals surface area contributed by atoms with Gasteiger partial charge in [0.2, 0.25) is 0 Å². The van der Waals surface area contributed by atoms with E-state index in [4.69, 9.17) is 4.74 Å². The maximum Gasteiger partial charge on any atom is 0.419 e. The van der Waals surface area contributed by atoms with E-state index in [0.717, 1.165) is 25.5 Å². The summed E-state index contributed by atoms with van der Waals surface area (Å²) in [4.78, 5) is 0. The Bertz CT molecular complexity index is 454. The van der Waals surface area contributed by atoms with Crippen molar-refractivity contribution in [3.8, 4) is 5.75 Å². The first kappa shape index (κ1) is 11.8. The molecule has 1 atom stereocenters. The van der Waals surface area contributed by atoms with E-state index in [-0.39, 0.29) is 17.3 Å². The van der Waals surface area contributed by atoms with Gasteiger partial charge in [0.1, 0.15) is 11.9 Å². The minimum absolute atomic E-state index is 0.0509. The van der Waals surface area contributed by atoms with Crippen molar-refractivity contribution in [2.24, 2.45) is 5.41 Å². The van der Waals surface area contributed by atoms with Crippen molar-refractivity contribution in [2.45, 2.75) is 25.1 Å². The number of rotatable bonds is 2. The second-order valence-electron chi connectivity index (χ2n) is 5.09. The fourth-order valence-electron chi connectivity index (χ4n) is 2.57. The summed E-state index contributed by atoms with van der Waals surface area (Å²) in [5.41, 5.74) is -0.605. The molecule has 1 aromatic carbocycles. The number of ether oxygens (including phenoxy) is 1. The zero-order valence-corrected chi connectivity index (χ0v) is 9.76. The van der Waals surface area contributed by atoms with Gasteiger partial charge >= 0.3 is 6.18 Å². The Hall–Kier alpha value is -1.23. The lowest BCUT2D eigenvalue weighted by atomic mass is 10.0. The molecule has 0 bridgehead atoms. The Morgan fingerprint density at radius 2 is 1.94 bits per heavy atom. The van der Waals surface area contributed by atoms with E-state index in [1.807, 2.05) is 0 Å². The Balaban J connectivity index is 1.85. The van der Waals surface area contributed by atoms with Crippen LogP contribution in [0.3, 0.4) is 0 Å². The van der Waals surface area contributed by atoms with Gasteiger partial charge in [-0.05, 0) is 25.0 Å². The Labute approximate surface area is 103 Å². The Kier molecular flexibility index (Phi) is 2.55. The van der Waals surface area contributed by atoms with Crippen LogP contribution in [0.5, 0.6) is 5.75 Å². The van der Waals surface area contributed by atoms with Crippen LogP contribution >= 0.6 is 0 Å². The van der Waals surface area contributed by atoms with Crippen LogP contribution in [0, 0.1) is 5.41 Å². The molecule has 0 aromatic heterocycles. The summed E-state index contributed by atoms with van der Waals surface area (Å²) in [6.45, 7) is 1.48. The van der Waals surface area contributed by atoms with Crippen molar-refractivity contribution in [2.75, 3.05) is 13.1 Å². The molecule has 1 spiro atoms. The van der Waals surface area contributed by atoms with Gasteiger partial charge in [0, 0.05) is 18.5 Å². The summed E-state index contributed by atoms with van der Waals surface area (Å²) in [6.07, 6.45) is -2.42. The summed E-state index contributed by atoms with van der Waals surface area (Å²) in [5, 5.41) is 3.20. The molecule has 98 valence electrons. The minimum atomic E-state index is -4.36. The molecule has 1 saturated heterocycles. The highest BCUT2D eigenvalue weighted by Crippen LogP contribution is 2.52. The SMILES string of the molecule is FC(F)(F)c1ccccc1O[C@@H]1CNCC12CC2. The third-order valence-electron chi connectivity index (χ3n) is 3.84. The molecular formula is C13H14F3NO. The first-order valence-corrected chi connectivity index (χ1v) is 6.05. The van der Waals surface area contributed by atoms with Crippen molar-refractivity contribution in [1.82, 2.24) is 5.32 Å². The van der Waals surface area contributed by atoms with E-state index in [1.54, 1.807) is 6.07 Å². The number of para-hydroxylation sites is 1. The van der Waals surface area contributed by atoms with Gasteiger partial charge in [-0.1, -0.05) is 12.1 Å². The third kappa shape index (κ3) is 1.96. The number of nitrogens with one attached hydrogen (secondary N) is 1. The molecule has 2 nitrogen and oxygen atoms in total. The van der Waals surface area contributed by atoms with Gasteiger partial charge in [-0.2, -0.15) is 13.2 Å². The summed E-state index contributed by atoms with van der Waals surface area (Å²) in [7, 11) is 0. The van der Waals surface area contributed by atoms with Crippen LogP contribution in [0.2, 0.25) is 0 Å². The van der Waals surface area contributed by atoms with Gasteiger partial charge < -0.3 is 10.1 Å². The fraction of sp³-hybridized carbons (Fsp3) is 0.538. The van der Waals surface area contributed by atoms with Crippen molar-refractivity contribution < 1.29 is 17.9 Å². The van der Waals surface area contributed by atoms with E-state index >= 15 is 0 Å². The zero-order chi connectivity index (χ0) is 12.8. The molecule has 18 heavy (non-hydrogen) atoms. The van der Waals surface area contributed by atoms with Crippen LogP contribution in [-0.2, 0) is 6.18 Å². The van der Waals surface area contributed by atoms with E-state index < -0.39 is 11.7 Å².